The predicted molar refractivity (Wildman–Crippen MR) is 85.3 cm³/mol. The molecule has 1 rings (SSSR count). The number of hydrogen-bond acceptors (Lipinski definition) is 3. The summed E-state index contributed by atoms with van der Waals surface area (Å²) in [5, 5.41) is 0. The molecule has 0 unspecified atom stereocenters. The van der Waals surface area contributed by atoms with E-state index in [2.05, 4.69) is 42.2 Å². The van der Waals surface area contributed by atoms with Gasteiger partial charge in [0.25, 0.3) is 0 Å². The zero-order chi connectivity index (χ0) is 13.8. The van der Waals surface area contributed by atoms with Crippen LogP contribution in [0.5, 0.6) is 0 Å². The van der Waals surface area contributed by atoms with Gasteiger partial charge in [-0.25, -0.2) is 0 Å². The van der Waals surface area contributed by atoms with Crippen LogP contribution in [-0.2, 0) is 4.43 Å². The molecular weight excluding hydrogens is 256 g/mol. The zero-order valence-electron chi connectivity index (χ0n) is 13.3. The van der Waals surface area contributed by atoms with Crippen LogP contribution in [0.1, 0.15) is 6.42 Å². The smallest absolute Gasteiger partial charge is 0.186 e. The van der Waals surface area contributed by atoms with Crippen molar-refractivity contribution in [3.8, 4) is 0 Å². The molecule has 0 radical (unpaired) electrons. The second-order valence-electron chi connectivity index (χ2n) is 7.07. The maximum absolute atomic E-state index is 5.61. The first-order valence-corrected chi connectivity index (χ1v) is 13.8. The lowest BCUT2D eigenvalue weighted by Gasteiger charge is -2.41. The largest absolute Gasteiger partial charge is 0.420 e. The highest BCUT2D eigenvalue weighted by Crippen LogP contribution is 2.15. The van der Waals surface area contributed by atoms with Gasteiger partial charge in [0.2, 0.25) is 0 Å². The van der Waals surface area contributed by atoms with Crippen molar-refractivity contribution in [3.05, 3.63) is 0 Å². The van der Waals surface area contributed by atoms with Crippen LogP contribution in [0.25, 0.3) is 0 Å². The number of piperazine rings is 1. The molecule has 0 atom stereocenters. The fourth-order valence-corrected chi connectivity index (χ4v) is 5.23. The van der Waals surface area contributed by atoms with E-state index in [-0.39, 0.29) is 0 Å². The summed E-state index contributed by atoms with van der Waals surface area (Å²) in [4.78, 5) is 2.64. The zero-order valence-corrected chi connectivity index (χ0v) is 15.3. The molecule has 0 aromatic rings. The van der Waals surface area contributed by atoms with Gasteiger partial charge < -0.3 is 13.9 Å². The molecule has 1 heterocycles. The molecule has 5 heteroatoms. The summed E-state index contributed by atoms with van der Waals surface area (Å²) in [6.45, 7) is 18.3. The summed E-state index contributed by atoms with van der Waals surface area (Å²) in [7, 11) is -0.521. The van der Waals surface area contributed by atoms with Gasteiger partial charge in [0.1, 0.15) is 8.24 Å². The van der Waals surface area contributed by atoms with E-state index in [4.69, 9.17) is 4.43 Å². The first-order chi connectivity index (χ1) is 8.24. The van der Waals surface area contributed by atoms with Crippen LogP contribution in [0.4, 0.5) is 0 Å². The fourth-order valence-electron chi connectivity index (χ4n) is 2.47. The molecule has 0 aromatic carbocycles. The number of rotatable bonds is 6. The van der Waals surface area contributed by atoms with Gasteiger partial charge in [-0.15, -0.1) is 0 Å². The molecule has 18 heavy (non-hydrogen) atoms. The fraction of sp³-hybridized carbons (Fsp3) is 1.00. The summed E-state index contributed by atoms with van der Waals surface area (Å²) >= 11 is 0. The average molecular weight is 289 g/mol. The van der Waals surface area contributed by atoms with Crippen molar-refractivity contribution in [3.63, 3.8) is 0 Å². The van der Waals surface area contributed by atoms with Crippen molar-refractivity contribution in [1.29, 1.82) is 0 Å². The van der Waals surface area contributed by atoms with Crippen molar-refractivity contribution < 1.29 is 4.43 Å². The van der Waals surface area contributed by atoms with Gasteiger partial charge in [-0.2, -0.15) is 0 Å². The Morgan fingerprint density at radius 2 is 1.50 bits per heavy atom. The molecule has 0 aliphatic carbocycles. The summed E-state index contributed by atoms with van der Waals surface area (Å²) in [5.74, 6) is 0. The normalized spacial score (nSPS) is 20.3. The van der Waals surface area contributed by atoms with E-state index in [1.165, 1.54) is 45.2 Å². The highest BCUT2D eigenvalue weighted by Gasteiger charge is 2.27. The monoisotopic (exact) mass is 288 g/mol. The molecule has 1 aliphatic rings. The Hall–Kier alpha value is 0.314. The van der Waals surface area contributed by atoms with Gasteiger partial charge in [-0.1, -0.05) is 19.6 Å². The number of nitrogens with zero attached hydrogens (tertiary/aromatic N) is 2. The van der Waals surface area contributed by atoms with Gasteiger partial charge in [0.05, 0.1) is 0 Å². The Labute approximate surface area is 116 Å². The van der Waals surface area contributed by atoms with E-state index < -0.39 is 16.6 Å². The summed E-state index contributed by atoms with van der Waals surface area (Å²) in [5.41, 5.74) is 0. The van der Waals surface area contributed by atoms with E-state index in [1.54, 1.807) is 0 Å². The third-order valence-corrected chi connectivity index (χ3v) is 9.13. The van der Waals surface area contributed by atoms with Gasteiger partial charge in [-0.3, -0.25) is 0 Å². The van der Waals surface area contributed by atoms with Crippen molar-refractivity contribution in [2.75, 3.05) is 39.8 Å². The lowest BCUT2D eigenvalue weighted by molar-refractivity contribution is 0.183. The van der Waals surface area contributed by atoms with Crippen LogP contribution >= 0.6 is 0 Å². The van der Waals surface area contributed by atoms with E-state index in [0.29, 0.717) is 0 Å². The maximum Gasteiger partial charge on any atom is 0.186 e. The third kappa shape index (κ3) is 5.53. The van der Waals surface area contributed by atoms with Crippen molar-refractivity contribution in [2.45, 2.75) is 45.2 Å². The van der Waals surface area contributed by atoms with Gasteiger partial charge >= 0.3 is 0 Å². The van der Waals surface area contributed by atoms with Crippen LogP contribution in [0, 0.1) is 0 Å². The van der Waals surface area contributed by atoms with Crippen LogP contribution < -0.4 is 0 Å². The molecule has 1 fully saturated rings. The topological polar surface area (TPSA) is 15.7 Å². The Morgan fingerprint density at radius 3 is 1.94 bits per heavy atom. The van der Waals surface area contributed by atoms with Crippen LogP contribution in [0.3, 0.4) is 0 Å². The van der Waals surface area contributed by atoms with Gasteiger partial charge in [0.15, 0.2) is 8.32 Å². The van der Waals surface area contributed by atoms with Gasteiger partial charge in [-0.05, 0) is 32.1 Å². The quantitative estimate of drug-likeness (QED) is 0.699. The second-order valence-corrected chi connectivity index (χ2v) is 16.5. The molecule has 0 amide bonds. The second kappa shape index (κ2) is 6.65. The molecule has 1 aliphatic heterocycles. The van der Waals surface area contributed by atoms with Crippen LogP contribution in [-0.4, -0.2) is 65.9 Å². The van der Waals surface area contributed by atoms with Gasteiger partial charge in [0, 0.05) is 33.3 Å². The number of hydrogen-bond donors (Lipinski definition) is 0. The third-order valence-electron chi connectivity index (χ3n) is 4.13. The molecule has 0 saturated carbocycles. The van der Waals surface area contributed by atoms with Crippen LogP contribution in [0.15, 0.2) is 0 Å². The summed E-state index contributed by atoms with van der Waals surface area (Å²) in [6.07, 6.45) is 1.31. The standard InChI is InChI=1S/C13H32N2OSi2/c1-16-18(5,6)13-7-8-14-9-11-15(12-10-14)17(2,3)4/h7-13H2,1-6H3. The molecule has 108 valence electrons. The Morgan fingerprint density at radius 1 is 0.944 bits per heavy atom. The molecule has 0 spiro atoms. The highest BCUT2D eigenvalue weighted by atomic mass is 28.4. The predicted octanol–water partition coefficient (Wildman–Crippen LogP) is 2.68. The van der Waals surface area contributed by atoms with E-state index >= 15 is 0 Å². The molecule has 0 N–H and O–H groups in total. The highest BCUT2D eigenvalue weighted by molar-refractivity contribution is 6.73. The van der Waals surface area contributed by atoms with Crippen LogP contribution in [0.2, 0.25) is 38.8 Å². The Kier molecular flexibility index (Phi) is 6.05. The SMILES string of the molecule is CO[Si](C)(C)CCCN1CCN([Si](C)(C)C)CC1. The van der Waals surface area contributed by atoms with Crippen molar-refractivity contribution in [1.82, 2.24) is 9.47 Å². The lowest BCUT2D eigenvalue weighted by atomic mass is 10.3. The minimum absolute atomic E-state index is 1.06. The molecule has 3 nitrogen and oxygen atoms in total. The first-order valence-electron chi connectivity index (χ1n) is 7.27. The molecule has 0 bridgehead atoms. The first kappa shape index (κ1) is 16.4. The van der Waals surface area contributed by atoms with Crippen molar-refractivity contribution in [2.24, 2.45) is 0 Å². The summed E-state index contributed by atoms with van der Waals surface area (Å²) < 4.78 is 8.34. The average Bonchev–Trinajstić information content (AvgIpc) is 2.28. The summed E-state index contributed by atoms with van der Waals surface area (Å²) in [6, 6.07) is 1.29. The molecule has 0 aromatic heterocycles. The molecular formula is C13H32N2OSi2. The molecule has 1 saturated heterocycles. The Balaban J connectivity index is 2.20. The lowest BCUT2D eigenvalue weighted by Crippen LogP contribution is -2.56. The Bertz CT molecular complexity index is 246. The van der Waals surface area contributed by atoms with E-state index in [1.807, 2.05) is 7.11 Å². The minimum atomic E-state index is -1.34. The van der Waals surface area contributed by atoms with E-state index in [9.17, 15) is 0 Å². The minimum Gasteiger partial charge on any atom is -0.420 e. The maximum atomic E-state index is 5.61. The van der Waals surface area contributed by atoms with Crippen molar-refractivity contribution >= 4 is 16.6 Å². The van der Waals surface area contributed by atoms with E-state index in [0.717, 1.165) is 0 Å².